The van der Waals surface area contributed by atoms with Gasteiger partial charge in [0.1, 0.15) is 0 Å². The first kappa shape index (κ1) is 9.40. The maximum Gasteiger partial charge on any atom is 0.322 e. The molecule has 6 heavy (non-hydrogen) atoms. The fraction of sp³-hybridized carbons (Fsp3) is 0. The van der Waals surface area contributed by atoms with Crippen LogP contribution in [-0.4, -0.2) is 36.5 Å². The molecule has 0 aromatic heterocycles. The van der Waals surface area contributed by atoms with Gasteiger partial charge in [0.05, 0.1) is 0 Å². The van der Waals surface area contributed by atoms with Crippen molar-refractivity contribution in [3.8, 4) is 0 Å². The van der Waals surface area contributed by atoms with Gasteiger partial charge in [0.15, 0.2) is 0 Å². The minimum Gasteiger partial charge on any atom is -0.214 e. The Bertz CT molecular complexity index is 42.8. The van der Waals surface area contributed by atoms with Crippen LogP contribution < -0.4 is 0 Å². The van der Waals surface area contributed by atoms with Gasteiger partial charge in [-0.1, -0.05) is 0 Å². The summed E-state index contributed by atoms with van der Waals surface area (Å²) in [6, 6.07) is 0. The summed E-state index contributed by atoms with van der Waals surface area (Å²) in [5.41, 5.74) is 0. The molecule has 0 rings (SSSR count). The van der Waals surface area contributed by atoms with Gasteiger partial charge in [-0.25, -0.2) is 5.26 Å². The third-order valence-electron chi connectivity index (χ3n) is 0.0667. The summed E-state index contributed by atoms with van der Waals surface area (Å²) in [6.45, 7) is 0. The van der Waals surface area contributed by atoms with E-state index in [0.717, 1.165) is 0 Å². The van der Waals surface area contributed by atoms with Crippen molar-refractivity contribution in [1.82, 2.24) is 0 Å². The topological polar surface area (TPSA) is 72.6 Å². The molecule has 0 saturated carbocycles. The molecule has 0 aliphatic heterocycles. The zero-order chi connectivity index (χ0) is 4.28. The van der Waals surface area contributed by atoms with E-state index in [2.05, 4.69) is 4.99 Å². The van der Waals surface area contributed by atoms with Gasteiger partial charge < -0.3 is 0 Å². The van der Waals surface area contributed by atoms with Crippen LogP contribution in [0.1, 0.15) is 0 Å². The Morgan fingerprint density at radius 1 is 1.83 bits per heavy atom. The molecule has 0 aromatic carbocycles. The molecule has 0 saturated heterocycles. The Balaban J connectivity index is 0. The average Bonchev–Trinajstić information content (AvgIpc) is 1.38. The normalized spacial score (nSPS) is 5.50. The van der Waals surface area contributed by atoms with Crippen LogP contribution in [0.25, 0.3) is 0 Å². The molecule has 0 heterocycles. The van der Waals surface area contributed by atoms with Gasteiger partial charge in [0.2, 0.25) is 0 Å². The molecule has 0 amide bonds. The predicted molar refractivity (Wildman–Crippen MR) is 16.5 cm³/mol. The number of hydrogen-bond acceptors (Lipinski definition) is 4. The molecular weight excluding hydrogens is 287 g/mol. The maximum absolute atomic E-state index is 8.70. The molecule has 0 aromatic rings. The molecule has 0 aliphatic carbocycles. The van der Waals surface area contributed by atoms with Crippen molar-refractivity contribution in [2.75, 3.05) is 0 Å². The van der Waals surface area contributed by atoms with Crippen LogP contribution in [0.4, 0.5) is 0 Å². The zero-order valence-electron chi connectivity index (χ0n) is 2.57. The van der Waals surface area contributed by atoms with Gasteiger partial charge in [-0.05, 0) is 0 Å². The van der Waals surface area contributed by atoms with E-state index in [9.17, 15) is 0 Å². The second kappa shape index (κ2) is 5.04. The maximum atomic E-state index is 8.70. The second-order valence-electron chi connectivity index (χ2n) is 0.305. The molecule has 1 N–H and O–H groups in total. The number of hydrogen-bond donors (Lipinski definition) is 1. The molecule has 0 spiro atoms. The Labute approximate surface area is 52.1 Å². The van der Waals surface area contributed by atoms with Crippen molar-refractivity contribution in [1.29, 1.82) is 0 Å². The van der Waals surface area contributed by atoms with E-state index in [4.69, 9.17) is 15.4 Å². The van der Waals surface area contributed by atoms with E-state index in [1.165, 1.54) is 0 Å². The first-order valence-electron chi connectivity index (χ1n) is 0.730. The van der Waals surface area contributed by atoms with E-state index in [0.29, 0.717) is 0 Å². The average molecular weight is 288 g/mol. The summed E-state index contributed by atoms with van der Waals surface area (Å²) in [5.74, 6) is 0. The largest absolute Gasteiger partial charge is 0.322 e. The molecule has 0 unspecified atom stereocenters. The first-order valence-corrected chi connectivity index (χ1v) is 0.730. The smallest absolute Gasteiger partial charge is 0.214 e. The SMILES string of the molecule is O=[N+]([O-])OO.[Bi]. The predicted octanol–water partition coefficient (Wildman–Crippen LogP) is -0.713. The Kier molecular flexibility index (Phi) is 7.90. The summed E-state index contributed by atoms with van der Waals surface area (Å²) in [7, 11) is 0. The van der Waals surface area contributed by atoms with Crippen LogP contribution in [0.2, 0.25) is 0 Å². The van der Waals surface area contributed by atoms with E-state index >= 15 is 0 Å². The summed E-state index contributed by atoms with van der Waals surface area (Å²) >= 11 is 0. The first-order chi connectivity index (χ1) is 2.27. The van der Waals surface area contributed by atoms with Crippen molar-refractivity contribution in [2.24, 2.45) is 0 Å². The van der Waals surface area contributed by atoms with E-state index in [-0.39, 0.29) is 26.2 Å². The summed E-state index contributed by atoms with van der Waals surface area (Å²) < 4.78 is 0. The molecule has 0 bridgehead atoms. The molecule has 3 radical (unpaired) electrons. The molecular formula is HBiNO4. The van der Waals surface area contributed by atoms with Crippen molar-refractivity contribution in [2.45, 2.75) is 0 Å². The molecule has 35 valence electrons. The number of nitrogens with zero attached hydrogens (tertiary/aromatic N) is 1. The van der Waals surface area contributed by atoms with E-state index < -0.39 is 5.09 Å². The van der Waals surface area contributed by atoms with Gasteiger partial charge in [0.25, 0.3) is 0 Å². The van der Waals surface area contributed by atoms with Crippen molar-refractivity contribution < 1.29 is 15.3 Å². The minimum atomic E-state index is -1.32. The van der Waals surface area contributed by atoms with Gasteiger partial charge in [-0.15, -0.1) is 15.1 Å². The summed E-state index contributed by atoms with van der Waals surface area (Å²) in [5, 5.41) is 14.3. The van der Waals surface area contributed by atoms with Crippen LogP contribution in [0.5, 0.6) is 0 Å². The third-order valence-corrected chi connectivity index (χ3v) is 0.0667. The fourth-order valence-electron chi connectivity index (χ4n) is 0. The van der Waals surface area contributed by atoms with Crippen LogP contribution in [-0.2, 0) is 4.99 Å². The zero-order valence-corrected chi connectivity index (χ0v) is 6.04. The third kappa shape index (κ3) is 8.97. The number of rotatable bonds is 1. The van der Waals surface area contributed by atoms with Gasteiger partial charge in [0, 0.05) is 26.2 Å². The Hall–Kier alpha value is 0.0431. The van der Waals surface area contributed by atoms with Crippen molar-refractivity contribution in [3.05, 3.63) is 10.1 Å². The Morgan fingerprint density at radius 3 is 2.00 bits per heavy atom. The summed E-state index contributed by atoms with van der Waals surface area (Å²) in [4.78, 5) is 11.2. The standard InChI is InChI=1S/Bi.HNO4/c;2-1(3)5-4/h;4H. The summed E-state index contributed by atoms with van der Waals surface area (Å²) in [6.07, 6.45) is 0. The second-order valence-corrected chi connectivity index (χ2v) is 0.305. The monoisotopic (exact) mass is 288 g/mol. The molecule has 0 aliphatic rings. The van der Waals surface area contributed by atoms with Gasteiger partial charge in [-0.2, -0.15) is 0 Å². The molecule has 5 nitrogen and oxygen atoms in total. The minimum absolute atomic E-state index is 0. The van der Waals surface area contributed by atoms with Crippen molar-refractivity contribution in [3.63, 3.8) is 0 Å². The van der Waals surface area contributed by atoms with Crippen LogP contribution in [0.15, 0.2) is 0 Å². The molecule has 6 heteroatoms. The quantitative estimate of drug-likeness (QED) is 0.299. The van der Waals surface area contributed by atoms with Gasteiger partial charge >= 0.3 is 5.09 Å². The fourth-order valence-corrected chi connectivity index (χ4v) is 0. The van der Waals surface area contributed by atoms with Crippen LogP contribution >= 0.6 is 0 Å². The molecule has 0 fully saturated rings. The van der Waals surface area contributed by atoms with Crippen LogP contribution in [0, 0.1) is 10.1 Å². The van der Waals surface area contributed by atoms with Crippen LogP contribution in [0.3, 0.4) is 0 Å². The van der Waals surface area contributed by atoms with E-state index in [1.54, 1.807) is 0 Å². The van der Waals surface area contributed by atoms with Crippen molar-refractivity contribution >= 4 is 26.2 Å². The Morgan fingerprint density at radius 2 is 2.00 bits per heavy atom. The van der Waals surface area contributed by atoms with E-state index in [1.807, 2.05) is 0 Å². The molecule has 0 atom stereocenters. The van der Waals surface area contributed by atoms with Gasteiger partial charge in [-0.3, -0.25) is 0 Å².